The highest BCUT2D eigenvalue weighted by Gasteiger charge is 2.25. The quantitative estimate of drug-likeness (QED) is 0.866. The van der Waals surface area contributed by atoms with Crippen LogP contribution >= 0.6 is 0 Å². The van der Waals surface area contributed by atoms with E-state index in [-0.39, 0.29) is 0 Å². The molecule has 6 heteroatoms. The van der Waals surface area contributed by atoms with Gasteiger partial charge in [0.25, 0.3) is 5.95 Å². The molecule has 0 aliphatic carbocycles. The van der Waals surface area contributed by atoms with E-state index in [9.17, 15) is 8.78 Å². The van der Waals surface area contributed by atoms with Crippen molar-refractivity contribution in [3.8, 4) is 0 Å². The molecule has 0 saturated carbocycles. The van der Waals surface area contributed by atoms with E-state index in [4.69, 9.17) is 4.52 Å². The van der Waals surface area contributed by atoms with E-state index in [1.54, 1.807) is 6.92 Å². The number of aromatic nitrogens is 2. The molecule has 0 N–H and O–H groups in total. The van der Waals surface area contributed by atoms with Gasteiger partial charge in [-0.3, -0.25) is 0 Å². The van der Waals surface area contributed by atoms with Crippen molar-refractivity contribution in [2.45, 2.75) is 19.8 Å². The lowest BCUT2D eigenvalue weighted by molar-refractivity contribution is 0.392. The number of aryl methyl sites for hydroxylation is 1. The first-order valence-electron chi connectivity index (χ1n) is 6.60. The highest BCUT2D eigenvalue weighted by Crippen LogP contribution is 2.24. The van der Waals surface area contributed by atoms with Crippen LogP contribution in [0.5, 0.6) is 0 Å². The van der Waals surface area contributed by atoms with Gasteiger partial charge in [-0.05, 0) is 41.6 Å². The minimum absolute atomic E-state index is 0.343. The molecular formula is C14H15F2N3O. The van der Waals surface area contributed by atoms with Crippen LogP contribution in [0.3, 0.4) is 0 Å². The Balaban J connectivity index is 1.65. The summed E-state index contributed by atoms with van der Waals surface area (Å²) in [4.78, 5) is 6.23. The molecule has 0 spiro atoms. The van der Waals surface area contributed by atoms with Gasteiger partial charge in [-0.1, -0.05) is 0 Å². The van der Waals surface area contributed by atoms with Crippen molar-refractivity contribution in [1.29, 1.82) is 0 Å². The average molecular weight is 279 g/mol. The standard InChI is InChI=1S/C14H15F2N3O/c1-9-17-14(18-20-9)19-3-2-10(8-19)4-11-5-12(15)7-13(16)6-11/h5-7,10H,2-4,8H2,1H3. The van der Waals surface area contributed by atoms with Gasteiger partial charge in [0.05, 0.1) is 0 Å². The molecule has 2 aromatic rings. The Morgan fingerprint density at radius 2 is 2.05 bits per heavy atom. The summed E-state index contributed by atoms with van der Waals surface area (Å²) in [5, 5.41) is 3.89. The molecule has 2 heterocycles. The zero-order valence-corrected chi connectivity index (χ0v) is 11.1. The summed E-state index contributed by atoms with van der Waals surface area (Å²) >= 11 is 0. The number of nitrogens with zero attached hydrogens (tertiary/aromatic N) is 3. The third kappa shape index (κ3) is 2.79. The number of halogens is 2. The molecule has 3 rings (SSSR count). The van der Waals surface area contributed by atoms with Gasteiger partial charge < -0.3 is 9.42 Å². The first kappa shape index (κ1) is 13.0. The van der Waals surface area contributed by atoms with Crippen molar-refractivity contribution in [2.24, 2.45) is 5.92 Å². The average Bonchev–Trinajstić information content (AvgIpc) is 2.96. The molecule has 20 heavy (non-hydrogen) atoms. The first-order valence-corrected chi connectivity index (χ1v) is 6.60. The van der Waals surface area contributed by atoms with E-state index in [0.717, 1.165) is 25.6 Å². The topological polar surface area (TPSA) is 42.2 Å². The Morgan fingerprint density at radius 3 is 2.70 bits per heavy atom. The van der Waals surface area contributed by atoms with Gasteiger partial charge >= 0.3 is 0 Å². The minimum Gasteiger partial charge on any atom is -0.338 e. The second kappa shape index (κ2) is 5.19. The van der Waals surface area contributed by atoms with Gasteiger partial charge in [-0.2, -0.15) is 4.98 Å². The third-order valence-corrected chi connectivity index (χ3v) is 3.53. The summed E-state index contributed by atoms with van der Waals surface area (Å²) in [5.41, 5.74) is 0.693. The molecule has 1 aliphatic heterocycles. The lowest BCUT2D eigenvalue weighted by Gasteiger charge is -2.13. The van der Waals surface area contributed by atoms with Gasteiger partial charge in [0.2, 0.25) is 5.89 Å². The van der Waals surface area contributed by atoms with Crippen LogP contribution in [0.4, 0.5) is 14.7 Å². The first-order chi connectivity index (χ1) is 9.60. The lowest BCUT2D eigenvalue weighted by atomic mass is 9.98. The van der Waals surface area contributed by atoms with Crippen LogP contribution in [0.1, 0.15) is 17.9 Å². The van der Waals surface area contributed by atoms with Crippen LogP contribution < -0.4 is 4.90 Å². The molecule has 1 fully saturated rings. The maximum Gasteiger partial charge on any atom is 0.266 e. The smallest absolute Gasteiger partial charge is 0.266 e. The second-order valence-corrected chi connectivity index (χ2v) is 5.20. The van der Waals surface area contributed by atoms with Gasteiger partial charge in [0.1, 0.15) is 11.6 Å². The molecule has 1 unspecified atom stereocenters. The van der Waals surface area contributed by atoms with E-state index < -0.39 is 11.6 Å². The molecule has 1 aromatic heterocycles. The van der Waals surface area contributed by atoms with E-state index in [1.165, 1.54) is 12.1 Å². The monoisotopic (exact) mass is 279 g/mol. The van der Waals surface area contributed by atoms with Crippen LogP contribution in [0, 0.1) is 24.5 Å². The normalized spacial score (nSPS) is 18.8. The van der Waals surface area contributed by atoms with Gasteiger partial charge in [-0.25, -0.2) is 8.78 Å². The molecular weight excluding hydrogens is 264 g/mol. The number of benzene rings is 1. The molecule has 1 atom stereocenters. The van der Waals surface area contributed by atoms with Crippen molar-refractivity contribution in [3.63, 3.8) is 0 Å². The van der Waals surface area contributed by atoms with Crippen LogP contribution in [0.2, 0.25) is 0 Å². The zero-order valence-electron chi connectivity index (χ0n) is 11.1. The van der Waals surface area contributed by atoms with Crippen molar-refractivity contribution >= 4 is 5.95 Å². The van der Waals surface area contributed by atoms with Gasteiger partial charge in [-0.15, -0.1) is 0 Å². The number of anilines is 1. The van der Waals surface area contributed by atoms with E-state index in [0.29, 0.717) is 29.7 Å². The van der Waals surface area contributed by atoms with Crippen molar-refractivity contribution in [3.05, 3.63) is 41.3 Å². The summed E-state index contributed by atoms with van der Waals surface area (Å²) in [6, 6.07) is 3.68. The number of rotatable bonds is 3. The lowest BCUT2D eigenvalue weighted by Crippen LogP contribution is -2.21. The van der Waals surface area contributed by atoms with E-state index >= 15 is 0 Å². The fourth-order valence-electron chi connectivity index (χ4n) is 2.66. The van der Waals surface area contributed by atoms with Crippen molar-refractivity contribution in [2.75, 3.05) is 18.0 Å². The fourth-order valence-corrected chi connectivity index (χ4v) is 2.66. The predicted molar refractivity (Wildman–Crippen MR) is 69.4 cm³/mol. The zero-order chi connectivity index (χ0) is 14.1. The van der Waals surface area contributed by atoms with Crippen LogP contribution in [0.15, 0.2) is 22.7 Å². The third-order valence-electron chi connectivity index (χ3n) is 3.53. The number of hydrogen-bond acceptors (Lipinski definition) is 4. The second-order valence-electron chi connectivity index (χ2n) is 5.20. The Morgan fingerprint density at radius 1 is 1.30 bits per heavy atom. The molecule has 106 valence electrons. The highest BCUT2D eigenvalue weighted by atomic mass is 19.1. The summed E-state index contributed by atoms with van der Waals surface area (Å²) in [6.45, 7) is 3.36. The molecule has 0 radical (unpaired) electrons. The SMILES string of the molecule is Cc1nc(N2CCC(Cc3cc(F)cc(F)c3)C2)no1. The Hall–Kier alpha value is -1.98. The molecule has 0 bridgehead atoms. The number of hydrogen-bond donors (Lipinski definition) is 0. The van der Waals surface area contributed by atoms with Gasteiger partial charge in [0, 0.05) is 26.1 Å². The van der Waals surface area contributed by atoms with Crippen molar-refractivity contribution in [1.82, 2.24) is 10.1 Å². The maximum atomic E-state index is 13.2. The van der Waals surface area contributed by atoms with Crippen LogP contribution in [-0.2, 0) is 6.42 Å². The largest absolute Gasteiger partial charge is 0.338 e. The molecule has 0 amide bonds. The minimum atomic E-state index is -0.524. The van der Waals surface area contributed by atoms with Crippen LogP contribution in [-0.4, -0.2) is 23.2 Å². The molecule has 1 aromatic carbocycles. The van der Waals surface area contributed by atoms with Crippen LogP contribution in [0.25, 0.3) is 0 Å². The summed E-state index contributed by atoms with van der Waals surface area (Å²) in [6.07, 6.45) is 1.60. The summed E-state index contributed by atoms with van der Waals surface area (Å²) in [7, 11) is 0. The van der Waals surface area contributed by atoms with E-state index in [1.807, 2.05) is 4.90 Å². The predicted octanol–water partition coefficient (Wildman–Crippen LogP) is 2.73. The van der Waals surface area contributed by atoms with Crippen molar-refractivity contribution < 1.29 is 13.3 Å². The summed E-state index contributed by atoms with van der Waals surface area (Å²) in [5.74, 6) is 0.424. The summed E-state index contributed by atoms with van der Waals surface area (Å²) < 4.78 is 31.3. The maximum absolute atomic E-state index is 13.2. The van der Waals surface area contributed by atoms with E-state index in [2.05, 4.69) is 10.1 Å². The fraction of sp³-hybridized carbons (Fsp3) is 0.429. The molecule has 1 saturated heterocycles. The Kier molecular flexibility index (Phi) is 3.38. The highest BCUT2D eigenvalue weighted by molar-refractivity contribution is 5.30. The Bertz CT molecular complexity index is 594. The molecule has 4 nitrogen and oxygen atoms in total. The Labute approximate surface area is 115 Å². The molecule has 1 aliphatic rings. The van der Waals surface area contributed by atoms with Gasteiger partial charge in [0.15, 0.2) is 0 Å².